The average Bonchev–Trinajstić information content (AvgIpc) is 2.98. The zero-order valence-electron chi connectivity index (χ0n) is 13.1. The van der Waals surface area contributed by atoms with E-state index in [0.29, 0.717) is 12.0 Å². The minimum atomic E-state index is 0.107. The predicted molar refractivity (Wildman–Crippen MR) is 105 cm³/mol. The Bertz CT molecular complexity index is 560. The van der Waals surface area contributed by atoms with Gasteiger partial charge in [-0.15, -0.1) is 0 Å². The lowest BCUT2D eigenvalue weighted by molar-refractivity contribution is 0.345. The van der Waals surface area contributed by atoms with Gasteiger partial charge in [-0.1, -0.05) is 74.5 Å². The standard InChI is InChI=1S/C19H22INS/c1-15(2)18-13-19(14-21(18)22-20,16-9-5-3-6-10-16)17-11-7-4-8-12-17/h3-12,15,18H,13-14H2,1-2H3. The van der Waals surface area contributed by atoms with Crippen molar-refractivity contribution in [1.29, 1.82) is 0 Å². The second-order valence-electron chi connectivity index (χ2n) is 6.47. The normalized spacial score (nSPS) is 21.4. The van der Waals surface area contributed by atoms with Gasteiger partial charge in [0.05, 0.1) is 0 Å². The van der Waals surface area contributed by atoms with Crippen LogP contribution in [-0.2, 0) is 5.41 Å². The first-order valence-electron chi connectivity index (χ1n) is 7.84. The van der Waals surface area contributed by atoms with E-state index in [0.717, 1.165) is 6.54 Å². The lowest BCUT2D eigenvalue weighted by atomic mass is 9.72. The van der Waals surface area contributed by atoms with Gasteiger partial charge in [-0.3, -0.25) is 0 Å². The Morgan fingerprint density at radius 3 is 1.86 bits per heavy atom. The van der Waals surface area contributed by atoms with E-state index in [1.54, 1.807) is 0 Å². The summed E-state index contributed by atoms with van der Waals surface area (Å²) in [4.78, 5) is 0. The molecule has 1 aliphatic rings. The van der Waals surface area contributed by atoms with E-state index in [2.05, 4.69) is 100 Å². The van der Waals surface area contributed by atoms with Gasteiger partial charge in [0.1, 0.15) is 0 Å². The van der Waals surface area contributed by atoms with E-state index in [1.165, 1.54) is 17.5 Å². The number of rotatable bonds is 4. The van der Waals surface area contributed by atoms with Crippen molar-refractivity contribution in [3.8, 4) is 0 Å². The molecule has 1 nitrogen and oxygen atoms in total. The van der Waals surface area contributed by atoms with Crippen molar-refractivity contribution in [2.45, 2.75) is 31.7 Å². The van der Waals surface area contributed by atoms with Crippen molar-refractivity contribution in [2.75, 3.05) is 6.54 Å². The van der Waals surface area contributed by atoms with Gasteiger partial charge >= 0.3 is 0 Å². The molecule has 2 aromatic carbocycles. The summed E-state index contributed by atoms with van der Waals surface area (Å²) in [5.41, 5.74) is 3.00. The molecule has 0 spiro atoms. The fraction of sp³-hybridized carbons (Fsp3) is 0.368. The summed E-state index contributed by atoms with van der Waals surface area (Å²) < 4.78 is 2.57. The van der Waals surface area contributed by atoms with Gasteiger partial charge in [0, 0.05) is 39.2 Å². The Morgan fingerprint density at radius 2 is 1.50 bits per heavy atom. The Labute approximate surface area is 150 Å². The van der Waals surface area contributed by atoms with Gasteiger partial charge in [-0.2, -0.15) is 0 Å². The van der Waals surface area contributed by atoms with E-state index < -0.39 is 0 Å². The first-order chi connectivity index (χ1) is 10.7. The molecule has 1 fully saturated rings. The molecule has 1 saturated heterocycles. The van der Waals surface area contributed by atoms with Gasteiger partial charge in [0.25, 0.3) is 0 Å². The van der Waals surface area contributed by atoms with Crippen LogP contribution in [0.2, 0.25) is 0 Å². The summed E-state index contributed by atoms with van der Waals surface area (Å²) in [5, 5.41) is 0. The molecule has 3 heteroatoms. The molecule has 0 aliphatic carbocycles. The first-order valence-corrected chi connectivity index (χ1v) is 11.2. The maximum Gasteiger partial charge on any atom is 0.0354 e. The van der Waals surface area contributed by atoms with E-state index >= 15 is 0 Å². The molecule has 0 amide bonds. The third kappa shape index (κ3) is 2.95. The number of nitrogens with zero attached hydrogens (tertiary/aromatic N) is 1. The molecule has 1 aliphatic heterocycles. The smallest absolute Gasteiger partial charge is 0.0354 e. The van der Waals surface area contributed by atoms with Crippen LogP contribution in [0, 0.1) is 5.92 Å². The zero-order chi connectivity index (χ0) is 15.6. The van der Waals surface area contributed by atoms with Crippen molar-refractivity contribution in [3.63, 3.8) is 0 Å². The largest absolute Gasteiger partial charge is 0.237 e. The monoisotopic (exact) mass is 423 g/mol. The molecule has 1 heterocycles. The SMILES string of the molecule is CC(C)C1CC(c2ccccc2)(c2ccccc2)CN1SI. The summed E-state index contributed by atoms with van der Waals surface area (Å²) in [7, 11) is 1.86. The Kier molecular flexibility index (Phi) is 5.15. The third-order valence-corrected chi connectivity index (χ3v) is 6.96. The van der Waals surface area contributed by atoms with Crippen molar-refractivity contribution in [1.82, 2.24) is 4.31 Å². The van der Waals surface area contributed by atoms with E-state index in [-0.39, 0.29) is 5.41 Å². The van der Waals surface area contributed by atoms with Crippen LogP contribution in [0.4, 0.5) is 0 Å². The fourth-order valence-electron chi connectivity index (χ4n) is 3.65. The Balaban J connectivity index is 2.10. The number of benzene rings is 2. The van der Waals surface area contributed by atoms with Crippen LogP contribution in [0.1, 0.15) is 31.4 Å². The molecule has 0 radical (unpaired) electrons. The van der Waals surface area contributed by atoms with Crippen molar-refractivity contribution < 1.29 is 0 Å². The minimum absolute atomic E-state index is 0.107. The van der Waals surface area contributed by atoms with Crippen LogP contribution in [0.5, 0.6) is 0 Å². The number of hydrogen-bond acceptors (Lipinski definition) is 2. The van der Waals surface area contributed by atoms with Gasteiger partial charge in [-0.05, 0) is 32.6 Å². The summed E-state index contributed by atoms with van der Waals surface area (Å²) >= 11 is 2.44. The summed E-state index contributed by atoms with van der Waals surface area (Å²) in [6, 6.07) is 22.7. The highest BCUT2D eigenvalue weighted by molar-refractivity contribution is 14.2. The molecule has 0 aromatic heterocycles. The number of halogens is 1. The molecular formula is C19H22INS. The fourth-order valence-corrected chi connectivity index (χ4v) is 5.63. The Hall–Kier alpha value is -0.520. The van der Waals surface area contributed by atoms with Crippen molar-refractivity contribution in [3.05, 3.63) is 71.8 Å². The maximum absolute atomic E-state index is 2.57. The Morgan fingerprint density at radius 1 is 1.00 bits per heavy atom. The van der Waals surface area contributed by atoms with E-state index in [1.807, 2.05) is 9.12 Å². The quantitative estimate of drug-likeness (QED) is 0.459. The predicted octanol–water partition coefficient (Wildman–Crippen LogP) is 5.70. The molecule has 0 saturated carbocycles. The topological polar surface area (TPSA) is 3.24 Å². The highest BCUT2D eigenvalue weighted by Gasteiger charge is 2.47. The first kappa shape index (κ1) is 16.3. The van der Waals surface area contributed by atoms with Gasteiger partial charge in [0.2, 0.25) is 0 Å². The summed E-state index contributed by atoms with van der Waals surface area (Å²) in [6.07, 6.45) is 1.19. The van der Waals surface area contributed by atoms with Crippen LogP contribution in [0.25, 0.3) is 0 Å². The van der Waals surface area contributed by atoms with Crippen molar-refractivity contribution >= 4 is 30.3 Å². The lowest BCUT2D eigenvalue weighted by Gasteiger charge is -2.30. The highest BCUT2D eigenvalue weighted by atomic mass is 127. The molecule has 0 bridgehead atoms. The van der Waals surface area contributed by atoms with Crippen LogP contribution in [0.3, 0.4) is 0 Å². The molecule has 1 unspecified atom stereocenters. The third-order valence-electron chi connectivity index (χ3n) is 4.86. The zero-order valence-corrected chi connectivity index (χ0v) is 16.0. The van der Waals surface area contributed by atoms with E-state index in [4.69, 9.17) is 0 Å². The molecule has 0 N–H and O–H groups in total. The minimum Gasteiger partial charge on any atom is -0.237 e. The second-order valence-corrected chi connectivity index (χ2v) is 8.26. The molecule has 3 rings (SSSR count). The van der Waals surface area contributed by atoms with Crippen LogP contribution >= 0.6 is 30.3 Å². The maximum atomic E-state index is 2.57. The van der Waals surface area contributed by atoms with Crippen LogP contribution < -0.4 is 0 Å². The van der Waals surface area contributed by atoms with Gasteiger partial charge < -0.3 is 0 Å². The summed E-state index contributed by atoms with van der Waals surface area (Å²) in [5.74, 6) is 0.663. The summed E-state index contributed by atoms with van der Waals surface area (Å²) in [6.45, 7) is 5.77. The molecule has 116 valence electrons. The lowest BCUT2D eigenvalue weighted by Crippen LogP contribution is -2.30. The molecular weight excluding hydrogens is 401 g/mol. The highest BCUT2D eigenvalue weighted by Crippen LogP contribution is 2.48. The van der Waals surface area contributed by atoms with Gasteiger partial charge in [0.15, 0.2) is 0 Å². The molecule has 2 aromatic rings. The van der Waals surface area contributed by atoms with Crippen LogP contribution in [0.15, 0.2) is 60.7 Å². The number of hydrogen-bond donors (Lipinski definition) is 0. The average molecular weight is 423 g/mol. The molecule has 22 heavy (non-hydrogen) atoms. The molecule has 1 atom stereocenters. The van der Waals surface area contributed by atoms with E-state index in [9.17, 15) is 0 Å². The van der Waals surface area contributed by atoms with Gasteiger partial charge in [-0.25, -0.2) is 4.31 Å². The van der Waals surface area contributed by atoms with Crippen molar-refractivity contribution in [2.24, 2.45) is 5.92 Å². The van der Waals surface area contributed by atoms with Crippen LogP contribution in [-0.4, -0.2) is 16.9 Å². The second kappa shape index (κ2) is 6.93.